The van der Waals surface area contributed by atoms with E-state index in [4.69, 9.17) is 4.74 Å². The number of hydrogen-bond donors (Lipinski definition) is 2. The van der Waals surface area contributed by atoms with Crippen LogP contribution in [0.5, 0.6) is 0 Å². The number of hydrogen-bond acceptors (Lipinski definition) is 8. The van der Waals surface area contributed by atoms with Gasteiger partial charge in [-0.3, -0.25) is 0 Å². The number of anilines is 2. The first kappa shape index (κ1) is 14.5. The van der Waals surface area contributed by atoms with Crippen LogP contribution in [0.1, 0.15) is 17.3 Å². The Morgan fingerprint density at radius 3 is 3.12 bits per heavy atom. The number of esters is 1. The summed E-state index contributed by atoms with van der Waals surface area (Å²) in [6.45, 7) is 2.13. The number of benzene rings is 1. The van der Waals surface area contributed by atoms with E-state index in [0.29, 0.717) is 34.3 Å². The predicted molar refractivity (Wildman–Crippen MR) is 90.5 cm³/mol. The van der Waals surface area contributed by atoms with Crippen molar-refractivity contribution < 1.29 is 9.53 Å². The van der Waals surface area contributed by atoms with Crippen molar-refractivity contribution in [3.05, 3.63) is 36.4 Å². The molecule has 120 valence electrons. The number of aromatic nitrogens is 5. The summed E-state index contributed by atoms with van der Waals surface area (Å²) in [6, 6.07) is 5.29. The molecule has 0 saturated carbocycles. The Morgan fingerprint density at radius 1 is 1.33 bits per heavy atom. The van der Waals surface area contributed by atoms with E-state index in [2.05, 4.69) is 30.2 Å². The summed E-state index contributed by atoms with van der Waals surface area (Å²) in [5, 5.41) is 3.83. The molecule has 0 unspecified atom stereocenters. The zero-order valence-electron chi connectivity index (χ0n) is 12.6. The third-order valence-corrected chi connectivity index (χ3v) is 4.28. The predicted octanol–water partition coefficient (Wildman–Crippen LogP) is 2.88. The summed E-state index contributed by atoms with van der Waals surface area (Å²) in [7, 11) is 0. The van der Waals surface area contributed by atoms with Gasteiger partial charge in [-0.05, 0) is 25.1 Å². The van der Waals surface area contributed by atoms with Crippen molar-refractivity contribution in [3.8, 4) is 0 Å². The first-order chi connectivity index (χ1) is 11.7. The maximum Gasteiger partial charge on any atom is 0.338 e. The highest BCUT2D eigenvalue weighted by Gasteiger charge is 2.12. The molecular formula is C15H12N6O2S. The van der Waals surface area contributed by atoms with E-state index in [-0.39, 0.29) is 5.97 Å². The lowest BCUT2D eigenvalue weighted by molar-refractivity contribution is 0.0526. The summed E-state index contributed by atoms with van der Waals surface area (Å²) in [5.74, 6) is 0.263. The van der Waals surface area contributed by atoms with Crippen LogP contribution in [0.15, 0.2) is 30.9 Å². The molecule has 1 aromatic carbocycles. The van der Waals surface area contributed by atoms with Crippen LogP contribution in [0.3, 0.4) is 0 Å². The first-order valence-electron chi connectivity index (χ1n) is 7.23. The lowest BCUT2D eigenvalue weighted by Crippen LogP contribution is -2.03. The van der Waals surface area contributed by atoms with E-state index >= 15 is 0 Å². The van der Waals surface area contributed by atoms with E-state index in [1.165, 1.54) is 17.7 Å². The number of rotatable bonds is 4. The van der Waals surface area contributed by atoms with E-state index in [9.17, 15) is 4.79 Å². The molecule has 0 aliphatic rings. The zero-order valence-corrected chi connectivity index (χ0v) is 13.4. The van der Waals surface area contributed by atoms with Gasteiger partial charge in [0.2, 0.25) is 0 Å². The van der Waals surface area contributed by atoms with Gasteiger partial charge in [-0.15, -0.1) is 0 Å². The molecular weight excluding hydrogens is 328 g/mol. The molecule has 0 amide bonds. The van der Waals surface area contributed by atoms with Crippen LogP contribution < -0.4 is 5.32 Å². The summed E-state index contributed by atoms with van der Waals surface area (Å²) >= 11 is 1.43. The SMILES string of the molecule is CCOC(=O)c1ccc2nc(Nc3ncnc4nc[nH]c34)sc2c1. The highest BCUT2D eigenvalue weighted by molar-refractivity contribution is 7.22. The molecule has 0 aliphatic carbocycles. The van der Waals surface area contributed by atoms with Gasteiger partial charge in [-0.2, -0.15) is 0 Å². The van der Waals surface area contributed by atoms with Crippen molar-refractivity contribution in [2.24, 2.45) is 0 Å². The van der Waals surface area contributed by atoms with Crippen molar-refractivity contribution >= 4 is 49.6 Å². The van der Waals surface area contributed by atoms with Crippen molar-refractivity contribution in [2.75, 3.05) is 11.9 Å². The second-order valence-electron chi connectivity index (χ2n) is 4.87. The standard InChI is InChI=1S/C15H12N6O2S/c1-2-23-14(22)8-3-4-9-10(5-8)24-15(20-9)21-13-11-12(17-6-16-11)18-7-19-13/h3-7H,2H2,1H3,(H2,16,17,18,19,20,21). The van der Waals surface area contributed by atoms with E-state index in [1.807, 2.05) is 0 Å². The molecule has 0 spiro atoms. The van der Waals surface area contributed by atoms with Crippen LogP contribution >= 0.6 is 11.3 Å². The number of aromatic amines is 1. The third-order valence-electron chi connectivity index (χ3n) is 3.35. The van der Waals surface area contributed by atoms with Crippen molar-refractivity contribution in [3.63, 3.8) is 0 Å². The van der Waals surface area contributed by atoms with Crippen molar-refractivity contribution in [1.29, 1.82) is 0 Å². The monoisotopic (exact) mass is 340 g/mol. The van der Waals surface area contributed by atoms with Crippen molar-refractivity contribution in [1.82, 2.24) is 24.9 Å². The fourth-order valence-electron chi connectivity index (χ4n) is 2.28. The largest absolute Gasteiger partial charge is 0.462 e. The van der Waals surface area contributed by atoms with Gasteiger partial charge in [0.1, 0.15) is 11.8 Å². The van der Waals surface area contributed by atoms with Gasteiger partial charge >= 0.3 is 5.97 Å². The van der Waals surface area contributed by atoms with Crippen LogP contribution in [0.2, 0.25) is 0 Å². The lowest BCUT2D eigenvalue weighted by Gasteiger charge is -2.00. The molecule has 8 nitrogen and oxygen atoms in total. The van der Waals surface area contributed by atoms with Crippen LogP contribution in [-0.2, 0) is 4.74 Å². The van der Waals surface area contributed by atoms with Crippen LogP contribution in [-0.4, -0.2) is 37.5 Å². The minimum Gasteiger partial charge on any atom is -0.462 e. The lowest BCUT2D eigenvalue weighted by atomic mass is 10.2. The molecule has 9 heteroatoms. The third kappa shape index (κ3) is 2.54. The molecule has 0 fully saturated rings. The molecule has 4 rings (SSSR count). The average molecular weight is 340 g/mol. The van der Waals surface area contributed by atoms with E-state index in [1.54, 1.807) is 31.5 Å². The topological polar surface area (TPSA) is 106 Å². The smallest absolute Gasteiger partial charge is 0.338 e. The van der Waals surface area contributed by atoms with E-state index < -0.39 is 0 Å². The molecule has 4 aromatic rings. The average Bonchev–Trinajstić information content (AvgIpc) is 3.20. The quantitative estimate of drug-likeness (QED) is 0.550. The second-order valence-corrected chi connectivity index (χ2v) is 5.90. The normalized spacial score (nSPS) is 11.0. The second kappa shape index (κ2) is 5.85. The number of thiazole rings is 1. The molecule has 0 saturated heterocycles. The maximum atomic E-state index is 11.8. The summed E-state index contributed by atoms with van der Waals surface area (Å²) in [5.41, 5.74) is 2.60. The van der Waals surface area contributed by atoms with Crippen LogP contribution in [0.4, 0.5) is 10.9 Å². The number of carbonyl (C=O) groups excluding carboxylic acids is 1. The number of carbonyl (C=O) groups is 1. The Bertz CT molecular complexity index is 1040. The minimum absolute atomic E-state index is 0.336. The number of H-pyrrole nitrogens is 1. The Kier molecular flexibility index (Phi) is 3.54. The number of fused-ring (bicyclic) bond motifs is 2. The fraction of sp³-hybridized carbons (Fsp3) is 0.133. The van der Waals surface area contributed by atoms with Gasteiger partial charge in [-0.1, -0.05) is 11.3 Å². The molecule has 0 atom stereocenters. The Hall–Kier alpha value is -3.07. The van der Waals surface area contributed by atoms with Gasteiger partial charge in [0.15, 0.2) is 16.6 Å². The molecule has 24 heavy (non-hydrogen) atoms. The summed E-state index contributed by atoms with van der Waals surface area (Å²) in [4.78, 5) is 31.7. The Labute approximate surface area is 139 Å². The zero-order chi connectivity index (χ0) is 16.5. The Balaban J connectivity index is 1.68. The number of nitrogens with one attached hydrogen (secondary N) is 2. The van der Waals surface area contributed by atoms with Crippen LogP contribution in [0.25, 0.3) is 21.4 Å². The molecule has 3 aromatic heterocycles. The van der Waals surface area contributed by atoms with Gasteiger partial charge < -0.3 is 15.0 Å². The fourth-order valence-corrected chi connectivity index (χ4v) is 3.18. The van der Waals surface area contributed by atoms with Gasteiger partial charge in [0.05, 0.1) is 28.7 Å². The number of ether oxygens (including phenoxy) is 1. The van der Waals surface area contributed by atoms with E-state index in [0.717, 1.165) is 10.2 Å². The minimum atomic E-state index is -0.336. The molecule has 3 heterocycles. The molecule has 0 radical (unpaired) electrons. The molecule has 0 aliphatic heterocycles. The highest BCUT2D eigenvalue weighted by atomic mass is 32.1. The Morgan fingerprint density at radius 2 is 2.25 bits per heavy atom. The molecule has 2 N–H and O–H groups in total. The highest BCUT2D eigenvalue weighted by Crippen LogP contribution is 2.30. The number of nitrogens with zero attached hydrogens (tertiary/aromatic N) is 4. The number of imidazole rings is 1. The van der Waals surface area contributed by atoms with Gasteiger partial charge in [0, 0.05) is 0 Å². The molecule has 0 bridgehead atoms. The summed E-state index contributed by atoms with van der Waals surface area (Å²) < 4.78 is 5.91. The summed E-state index contributed by atoms with van der Waals surface area (Å²) in [6.07, 6.45) is 3.01. The maximum absolute atomic E-state index is 11.8. The van der Waals surface area contributed by atoms with Crippen molar-refractivity contribution in [2.45, 2.75) is 6.92 Å². The van der Waals surface area contributed by atoms with Gasteiger partial charge in [0.25, 0.3) is 0 Å². The van der Waals surface area contributed by atoms with Gasteiger partial charge in [-0.25, -0.2) is 24.7 Å². The van der Waals surface area contributed by atoms with Crippen LogP contribution in [0, 0.1) is 0 Å². The first-order valence-corrected chi connectivity index (χ1v) is 8.05.